The summed E-state index contributed by atoms with van der Waals surface area (Å²) in [6.45, 7) is 0.574. The third kappa shape index (κ3) is 4.18. The Morgan fingerprint density at radius 2 is 1.88 bits per heavy atom. The van der Waals surface area contributed by atoms with Crippen LogP contribution in [0.1, 0.15) is 47.2 Å². The Bertz CT molecular complexity index is 686. The number of hydrogen-bond donors (Lipinski definition) is 1. The van der Waals surface area contributed by atoms with E-state index >= 15 is 0 Å². The van der Waals surface area contributed by atoms with Gasteiger partial charge in [0.05, 0.1) is 11.5 Å². The summed E-state index contributed by atoms with van der Waals surface area (Å²) in [5, 5.41) is 0. The Balaban J connectivity index is 1.55. The fraction of sp³-hybridized carbons (Fsp3) is 0.526. The van der Waals surface area contributed by atoms with E-state index in [1.165, 1.54) is 17.5 Å². The van der Waals surface area contributed by atoms with Crippen LogP contribution in [0.15, 0.2) is 18.2 Å². The van der Waals surface area contributed by atoms with Gasteiger partial charge in [0.15, 0.2) is 6.61 Å². The predicted octanol–water partition coefficient (Wildman–Crippen LogP) is 1.45. The van der Waals surface area contributed by atoms with Crippen LogP contribution in [0.3, 0.4) is 0 Å². The molecule has 25 heavy (non-hydrogen) atoms. The molecule has 134 valence electrons. The number of benzene rings is 1. The Kier molecular flexibility index (Phi) is 5.36. The minimum absolute atomic E-state index is 0.280. The van der Waals surface area contributed by atoms with Gasteiger partial charge in [0.2, 0.25) is 5.91 Å². The van der Waals surface area contributed by atoms with Crippen LogP contribution in [-0.2, 0) is 27.2 Å². The second-order valence-corrected chi connectivity index (χ2v) is 6.85. The van der Waals surface area contributed by atoms with Crippen molar-refractivity contribution >= 4 is 17.8 Å². The lowest BCUT2D eigenvalue weighted by atomic mass is 9.90. The van der Waals surface area contributed by atoms with Gasteiger partial charge in [0.25, 0.3) is 5.91 Å². The molecule has 0 radical (unpaired) electrons. The summed E-state index contributed by atoms with van der Waals surface area (Å²) in [6.07, 6.45) is 5.80. The predicted molar refractivity (Wildman–Crippen MR) is 91.9 cm³/mol. The van der Waals surface area contributed by atoms with Crippen LogP contribution < -0.4 is 5.73 Å². The molecule has 6 nitrogen and oxygen atoms in total. The average Bonchev–Trinajstić information content (AvgIpc) is 2.65. The molecule has 0 aromatic heterocycles. The summed E-state index contributed by atoms with van der Waals surface area (Å²) in [5.41, 5.74) is 8.31. The van der Waals surface area contributed by atoms with Crippen LogP contribution >= 0.6 is 0 Å². The highest BCUT2D eigenvalue weighted by Crippen LogP contribution is 2.22. The van der Waals surface area contributed by atoms with E-state index in [0.29, 0.717) is 25.1 Å². The Morgan fingerprint density at radius 3 is 2.64 bits per heavy atom. The molecule has 1 heterocycles. The van der Waals surface area contributed by atoms with Crippen molar-refractivity contribution in [2.45, 2.75) is 38.5 Å². The van der Waals surface area contributed by atoms with E-state index in [0.717, 1.165) is 25.7 Å². The number of nitrogens with two attached hydrogens (primary N) is 1. The second kappa shape index (κ2) is 7.68. The highest BCUT2D eigenvalue weighted by atomic mass is 16.5. The van der Waals surface area contributed by atoms with Gasteiger partial charge in [-0.2, -0.15) is 0 Å². The number of likely N-dealkylation sites (tertiary alicyclic amines) is 1. The fourth-order valence-electron chi connectivity index (χ4n) is 3.60. The lowest BCUT2D eigenvalue weighted by molar-refractivity contribution is -0.137. The summed E-state index contributed by atoms with van der Waals surface area (Å²) < 4.78 is 5.18. The normalized spacial score (nSPS) is 19.8. The number of hydrogen-bond acceptors (Lipinski definition) is 4. The number of carbonyl (C=O) groups is 3. The van der Waals surface area contributed by atoms with Crippen molar-refractivity contribution in [1.29, 1.82) is 0 Å². The number of piperidine rings is 1. The van der Waals surface area contributed by atoms with Crippen LogP contribution in [0.5, 0.6) is 0 Å². The van der Waals surface area contributed by atoms with Gasteiger partial charge in [0, 0.05) is 13.1 Å². The first-order valence-electron chi connectivity index (χ1n) is 8.90. The largest absolute Gasteiger partial charge is 0.452 e. The lowest BCUT2D eigenvalue weighted by Gasteiger charge is -2.31. The zero-order valence-electron chi connectivity index (χ0n) is 14.3. The van der Waals surface area contributed by atoms with Crippen molar-refractivity contribution in [2.24, 2.45) is 11.7 Å². The molecule has 0 bridgehead atoms. The van der Waals surface area contributed by atoms with Crippen LogP contribution in [-0.4, -0.2) is 42.4 Å². The Labute approximate surface area is 147 Å². The van der Waals surface area contributed by atoms with Crippen LogP contribution in [0.25, 0.3) is 0 Å². The van der Waals surface area contributed by atoms with Crippen LogP contribution in [0.2, 0.25) is 0 Å². The van der Waals surface area contributed by atoms with Gasteiger partial charge in [0.1, 0.15) is 0 Å². The lowest BCUT2D eigenvalue weighted by Crippen LogP contribution is -2.45. The molecule has 2 amide bonds. The first-order valence-corrected chi connectivity index (χ1v) is 8.90. The molecular weight excluding hydrogens is 320 g/mol. The van der Waals surface area contributed by atoms with Crippen molar-refractivity contribution in [3.05, 3.63) is 34.9 Å². The van der Waals surface area contributed by atoms with Crippen molar-refractivity contribution in [2.75, 3.05) is 19.7 Å². The van der Waals surface area contributed by atoms with Crippen molar-refractivity contribution in [1.82, 2.24) is 4.90 Å². The molecule has 0 unspecified atom stereocenters. The summed E-state index contributed by atoms with van der Waals surface area (Å²) in [6, 6.07) is 5.63. The van der Waals surface area contributed by atoms with E-state index in [1.54, 1.807) is 11.0 Å². The fourth-order valence-corrected chi connectivity index (χ4v) is 3.60. The molecule has 2 N–H and O–H groups in total. The summed E-state index contributed by atoms with van der Waals surface area (Å²) >= 11 is 0. The van der Waals surface area contributed by atoms with Crippen LogP contribution in [0, 0.1) is 5.92 Å². The maximum absolute atomic E-state index is 12.2. The third-order valence-corrected chi connectivity index (χ3v) is 5.09. The molecule has 6 heteroatoms. The van der Waals surface area contributed by atoms with Gasteiger partial charge < -0.3 is 15.4 Å². The number of esters is 1. The molecule has 1 aliphatic carbocycles. The van der Waals surface area contributed by atoms with Gasteiger partial charge in [-0.05, 0) is 61.8 Å². The topological polar surface area (TPSA) is 89.7 Å². The smallest absolute Gasteiger partial charge is 0.338 e. The SMILES string of the molecule is NC(=O)[C@H]1CCCN(C(=O)COC(=O)c2ccc3c(c2)CCCC3)C1. The number of carbonyl (C=O) groups excluding carboxylic acids is 3. The van der Waals surface area contributed by atoms with Crippen molar-refractivity contribution in [3.63, 3.8) is 0 Å². The highest BCUT2D eigenvalue weighted by molar-refractivity contribution is 5.91. The molecule has 0 saturated carbocycles. The van der Waals surface area contributed by atoms with E-state index in [1.807, 2.05) is 12.1 Å². The highest BCUT2D eigenvalue weighted by Gasteiger charge is 2.27. The minimum Gasteiger partial charge on any atom is -0.452 e. The van der Waals surface area contributed by atoms with E-state index < -0.39 is 5.97 Å². The number of ether oxygens (including phenoxy) is 1. The first kappa shape index (κ1) is 17.5. The Morgan fingerprint density at radius 1 is 1.12 bits per heavy atom. The number of fused-ring (bicyclic) bond motifs is 1. The maximum Gasteiger partial charge on any atom is 0.338 e. The van der Waals surface area contributed by atoms with Crippen molar-refractivity contribution < 1.29 is 19.1 Å². The number of rotatable bonds is 4. The molecule has 1 atom stereocenters. The first-order chi connectivity index (χ1) is 12.0. The van der Waals surface area contributed by atoms with Crippen LogP contribution in [0.4, 0.5) is 0 Å². The number of aryl methyl sites for hydroxylation is 2. The minimum atomic E-state index is -0.481. The summed E-state index contributed by atoms with van der Waals surface area (Å²) in [5.74, 6) is -1.46. The molecule has 1 aliphatic heterocycles. The summed E-state index contributed by atoms with van der Waals surface area (Å²) in [4.78, 5) is 37.3. The van der Waals surface area contributed by atoms with Gasteiger partial charge in [-0.15, -0.1) is 0 Å². The molecule has 1 fully saturated rings. The zero-order chi connectivity index (χ0) is 17.8. The Hall–Kier alpha value is -2.37. The van der Waals surface area contributed by atoms with Gasteiger partial charge >= 0.3 is 5.97 Å². The third-order valence-electron chi connectivity index (χ3n) is 5.09. The molecule has 2 aliphatic rings. The monoisotopic (exact) mass is 344 g/mol. The number of amides is 2. The van der Waals surface area contributed by atoms with Gasteiger partial charge in [-0.1, -0.05) is 6.07 Å². The van der Waals surface area contributed by atoms with E-state index in [-0.39, 0.29) is 24.3 Å². The van der Waals surface area contributed by atoms with Gasteiger partial charge in [-0.25, -0.2) is 4.79 Å². The molecular formula is C19H24N2O4. The average molecular weight is 344 g/mol. The van der Waals surface area contributed by atoms with Crippen molar-refractivity contribution in [3.8, 4) is 0 Å². The molecule has 3 rings (SSSR count). The molecule has 1 aromatic carbocycles. The second-order valence-electron chi connectivity index (χ2n) is 6.85. The zero-order valence-corrected chi connectivity index (χ0v) is 14.3. The standard InChI is InChI=1S/C19H24N2O4/c20-18(23)16-6-3-9-21(11-16)17(22)12-25-19(24)15-8-7-13-4-1-2-5-14(13)10-15/h7-8,10,16H,1-6,9,11-12H2,(H2,20,23)/t16-/m0/s1. The van der Waals surface area contributed by atoms with E-state index in [2.05, 4.69) is 0 Å². The molecule has 1 aromatic rings. The molecule has 1 saturated heterocycles. The van der Waals surface area contributed by atoms with E-state index in [9.17, 15) is 14.4 Å². The number of primary amides is 1. The summed E-state index contributed by atoms with van der Waals surface area (Å²) in [7, 11) is 0. The molecule has 0 spiro atoms. The van der Waals surface area contributed by atoms with Gasteiger partial charge in [-0.3, -0.25) is 9.59 Å². The maximum atomic E-state index is 12.2. The quantitative estimate of drug-likeness (QED) is 0.837. The number of nitrogens with zero attached hydrogens (tertiary/aromatic N) is 1. The van der Waals surface area contributed by atoms with E-state index in [4.69, 9.17) is 10.5 Å².